The highest BCUT2D eigenvalue weighted by molar-refractivity contribution is 5.95. The van der Waals surface area contributed by atoms with E-state index in [4.69, 9.17) is 4.74 Å². The molecule has 0 spiro atoms. The lowest BCUT2D eigenvalue weighted by atomic mass is 10.1. The first-order chi connectivity index (χ1) is 10.1. The first-order valence-electron chi connectivity index (χ1n) is 6.60. The van der Waals surface area contributed by atoms with Gasteiger partial charge in [0, 0.05) is 11.8 Å². The molecule has 21 heavy (non-hydrogen) atoms. The molecule has 3 aromatic rings. The fraction of sp³-hybridized carbons (Fsp3) is 0.188. The van der Waals surface area contributed by atoms with Gasteiger partial charge in [-0.3, -0.25) is 4.79 Å². The number of hydrogen-bond donors (Lipinski definition) is 0. The van der Waals surface area contributed by atoms with Crippen LogP contribution in [0.3, 0.4) is 0 Å². The molecule has 0 amide bonds. The van der Waals surface area contributed by atoms with Crippen molar-refractivity contribution in [3.8, 4) is 16.9 Å². The zero-order valence-corrected chi connectivity index (χ0v) is 12.1. The smallest absolute Gasteiger partial charge is 0.163 e. The molecule has 1 aromatic carbocycles. The van der Waals surface area contributed by atoms with Crippen molar-refractivity contribution in [2.45, 2.75) is 13.8 Å². The minimum Gasteiger partial charge on any atom is -0.497 e. The van der Waals surface area contributed by atoms with Crippen LogP contribution in [0.15, 0.2) is 36.7 Å². The van der Waals surface area contributed by atoms with Gasteiger partial charge >= 0.3 is 0 Å². The third-order valence-electron chi connectivity index (χ3n) is 3.53. The van der Waals surface area contributed by atoms with Gasteiger partial charge in [0.05, 0.1) is 24.6 Å². The zero-order valence-electron chi connectivity index (χ0n) is 12.1. The van der Waals surface area contributed by atoms with Gasteiger partial charge in [-0.1, -0.05) is 12.1 Å². The number of aryl methyl sites for hydroxylation is 1. The molecule has 3 rings (SSSR count). The van der Waals surface area contributed by atoms with E-state index in [1.165, 1.54) is 6.92 Å². The van der Waals surface area contributed by atoms with E-state index in [1.54, 1.807) is 24.0 Å². The van der Waals surface area contributed by atoms with E-state index in [0.29, 0.717) is 5.56 Å². The zero-order chi connectivity index (χ0) is 15.0. The number of rotatable bonds is 3. The number of methoxy groups -OCH3 is 1. The first-order valence-corrected chi connectivity index (χ1v) is 6.60. The Bertz CT molecular complexity index is 837. The van der Waals surface area contributed by atoms with Crippen molar-refractivity contribution in [3.05, 3.63) is 47.9 Å². The second-order valence-electron chi connectivity index (χ2n) is 4.84. The molecule has 0 atom stereocenters. The molecular formula is C16H15N3O2. The number of ketones is 1. The summed E-state index contributed by atoms with van der Waals surface area (Å²) in [6.45, 7) is 3.40. The van der Waals surface area contributed by atoms with E-state index in [0.717, 1.165) is 28.2 Å². The minimum atomic E-state index is -0.0136. The third kappa shape index (κ3) is 2.16. The average molecular weight is 281 g/mol. The van der Waals surface area contributed by atoms with E-state index in [-0.39, 0.29) is 5.78 Å². The van der Waals surface area contributed by atoms with Gasteiger partial charge in [0.25, 0.3) is 0 Å². The Labute approximate surface area is 122 Å². The fourth-order valence-electron chi connectivity index (χ4n) is 2.38. The lowest BCUT2D eigenvalue weighted by Crippen LogP contribution is -2.05. The van der Waals surface area contributed by atoms with Gasteiger partial charge in [0.2, 0.25) is 0 Å². The van der Waals surface area contributed by atoms with Crippen LogP contribution in [0.2, 0.25) is 0 Å². The second-order valence-corrected chi connectivity index (χ2v) is 4.84. The van der Waals surface area contributed by atoms with Gasteiger partial charge in [-0.15, -0.1) is 0 Å². The van der Waals surface area contributed by atoms with Crippen LogP contribution in [-0.4, -0.2) is 27.5 Å². The number of hydrogen-bond acceptors (Lipinski definition) is 4. The molecule has 0 aliphatic rings. The van der Waals surface area contributed by atoms with Crippen molar-refractivity contribution in [3.63, 3.8) is 0 Å². The molecule has 0 radical (unpaired) electrons. The van der Waals surface area contributed by atoms with Gasteiger partial charge in [0.1, 0.15) is 5.75 Å². The molecule has 5 nitrogen and oxygen atoms in total. The Morgan fingerprint density at radius 2 is 2.10 bits per heavy atom. The number of Topliss-reactive ketones (excluding diaryl/α,β-unsaturated/α-hetero) is 1. The number of benzene rings is 1. The Balaban J connectivity index is 2.21. The quantitative estimate of drug-likeness (QED) is 0.693. The molecule has 0 aliphatic carbocycles. The number of fused-ring (bicyclic) bond motifs is 1. The second kappa shape index (κ2) is 5.01. The molecule has 0 saturated carbocycles. The fourth-order valence-corrected chi connectivity index (χ4v) is 2.38. The largest absolute Gasteiger partial charge is 0.497 e. The molecule has 2 heterocycles. The molecule has 0 N–H and O–H groups in total. The van der Waals surface area contributed by atoms with Gasteiger partial charge in [-0.05, 0) is 31.5 Å². The third-order valence-corrected chi connectivity index (χ3v) is 3.53. The topological polar surface area (TPSA) is 56.5 Å². The highest BCUT2D eigenvalue weighted by Crippen LogP contribution is 2.27. The highest BCUT2D eigenvalue weighted by Gasteiger charge is 2.14. The summed E-state index contributed by atoms with van der Waals surface area (Å²) in [6.07, 6.45) is 3.37. The van der Waals surface area contributed by atoms with Crippen molar-refractivity contribution >= 4 is 11.4 Å². The van der Waals surface area contributed by atoms with Crippen LogP contribution in [0.5, 0.6) is 5.75 Å². The summed E-state index contributed by atoms with van der Waals surface area (Å²) in [7, 11) is 1.64. The van der Waals surface area contributed by atoms with Crippen molar-refractivity contribution < 1.29 is 9.53 Å². The standard InChI is InChI=1S/C16H15N3O2/c1-10-14(11(2)20)8-17-16-15(9-18-19(10)16)12-5-4-6-13(7-12)21-3/h4-9H,1-3H3. The van der Waals surface area contributed by atoms with Crippen molar-refractivity contribution in [2.24, 2.45) is 0 Å². The summed E-state index contributed by atoms with van der Waals surface area (Å²) in [4.78, 5) is 16.0. The number of aromatic nitrogens is 3. The number of nitrogens with zero attached hydrogens (tertiary/aromatic N) is 3. The molecule has 0 bridgehead atoms. The predicted octanol–water partition coefficient (Wildman–Crippen LogP) is 2.92. The molecule has 0 aliphatic heterocycles. The van der Waals surface area contributed by atoms with Crippen molar-refractivity contribution in [2.75, 3.05) is 7.11 Å². The Kier molecular flexibility index (Phi) is 3.17. The maximum absolute atomic E-state index is 11.6. The number of ether oxygens (including phenoxy) is 1. The van der Waals surface area contributed by atoms with Crippen LogP contribution in [0.4, 0.5) is 0 Å². The molecule has 0 unspecified atom stereocenters. The molecule has 0 saturated heterocycles. The lowest BCUT2D eigenvalue weighted by molar-refractivity contribution is 0.101. The van der Waals surface area contributed by atoms with Crippen LogP contribution in [0.25, 0.3) is 16.8 Å². The van der Waals surface area contributed by atoms with Gasteiger partial charge in [-0.2, -0.15) is 5.10 Å². The van der Waals surface area contributed by atoms with E-state index >= 15 is 0 Å². The average Bonchev–Trinajstić information content (AvgIpc) is 2.92. The summed E-state index contributed by atoms with van der Waals surface area (Å²) in [5.41, 5.74) is 3.99. The van der Waals surface area contributed by atoms with Crippen LogP contribution >= 0.6 is 0 Å². The Morgan fingerprint density at radius 3 is 2.81 bits per heavy atom. The molecule has 2 aromatic heterocycles. The summed E-state index contributed by atoms with van der Waals surface area (Å²) >= 11 is 0. The SMILES string of the molecule is COc1cccc(-c2cnn3c(C)c(C(C)=O)cnc23)c1. The molecule has 0 fully saturated rings. The maximum atomic E-state index is 11.6. The van der Waals surface area contributed by atoms with Gasteiger partial charge in [-0.25, -0.2) is 9.50 Å². The highest BCUT2D eigenvalue weighted by atomic mass is 16.5. The van der Waals surface area contributed by atoms with E-state index < -0.39 is 0 Å². The summed E-state index contributed by atoms with van der Waals surface area (Å²) in [5.74, 6) is 0.768. The van der Waals surface area contributed by atoms with E-state index in [1.807, 2.05) is 31.2 Å². The lowest BCUT2D eigenvalue weighted by Gasteiger charge is -2.06. The molecular weight excluding hydrogens is 266 g/mol. The number of carbonyl (C=O) groups is 1. The van der Waals surface area contributed by atoms with Crippen LogP contribution < -0.4 is 4.74 Å². The van der Waals surface area contributed by atoms with Crippen molar-refractivity contribution in [1.82, 2.24) is 14.6 Å². The van der Waals surface area contributed by atoms with Crippen LogP contribution in [0.1, 0.15) is 23.0 Å². The molecule has 106 valence electrons. The Hall–Kier alpha value is -2.69. The summed E-state index contributed by atoms with van der Waals surface area (Å²) in [5, 5.41) is 4.35. The van der Waals surface area contributed by atoms with Gasteiger partial charge in [0.15, 0.2) is 11.4 Å². The first kappa shape index (κ1) is 13.3. The van der Waals surface area contributed by atoms with E-state index in [9.17, 15) is 4.79 Å². The summed E-state index contributed by atoms with van der Waals surface area (Å²) < 4.78 is 6.95. The number of carbonyl (C=O) groups excluding carboxylic acids is 1. The van der Waals surface area contributed by atoms with Crippen LogP contribution in [0, 0.1) is 6.92 Å². The van der Waals surface area contributed by atoms with E-state index in [2.05, 4.69) is 10.1 Å². The maximum Gasteiger partial charge on any atom is 0.163 e. The monoisotopic (exact) mass is 281 g/mol. The normalized spacial score (nSPS) is 10.8. The molecule has 5 heteroatoms. The Morgan fingerprint density at radius 1 is 1.29 bits per heavy atom. The minimum absolute atomic E-state index is 0.0136. The van der Waals surface area contributed by atoms with Crippen molar-refractivity contribution in [1.29, 1.82) is 0 Å². The van der Waals surface area contributed by atoms with Gasteiger partial charge < -0.3 is 4.74 Å². The van der Waals surface area contributed by atoms with Crippen LogP contribution in [-0.2, 0) is 0 Å². The summed E-state index contributed by atoms with van der Waals surface area (Å²) in [6, 6.07) is 7.73. The predicted molar refractivity (Wildman–Crippen MR) is 79.7 cm³/mol.